The number of methoxy groups -OCH3 is 2. The zero-order valence-corrected chi connectivity index (χ0v) is 12.3. The molecule has 0 spiro atoms. The molecule has 0 aliphatic carbocycles. The van der Waals surface area contributed by atoms with Crippen molar-refractivity contribution >= 4 is 24.0 Å². The van der Waals surface area contributed by atoms with Crippen molar-refractivity contribution in [1.29, 1.82) is 0 Å². The maximum atomic E-state index is 11.7. The lowest BCUT2D eigenvalue weighted by Crippen LogP contribution is -2.35. The average Bonchev–Trinajstić information content (AvgIpc) is 2.38. The van der Waals surface area contributed by atoms with Crippen LogP contribution in [0.1, 0.15) is 19.8 Å². The van der Waals surface area contributed by atoms with Crippen LogP contribution >= 0.6 is 12.4 Å². The lowest BCUT2D eigenvalue weighted by atomic mass is 10.1. The normalized spacial score (nSPS) is 11.2. The Morgan fingerprint density at radius 2 is 1.95 bits per heavy atom. The van der Waals surface area contributed by atoms with Gasteiger partial charge in [-0.05, 0) is 18.6 Å². The second kappa shape index (κ2) is 8.61. The SMILES string of the molecule is CCCC(N)C(=O)Nc1ccc(OC)c(OC)c1.Cl. The molecule has 0 bridgehead atoms. The monoisotopic (exact) mass is 288 g/mol. The van der Waals surface area contributed by atoms with Crippen LogP contribution in [-0.4, -0.2) is 26.2 Å². The molecule has 1 unspecified atom stereocenters. The Morgan fingerprint density at radius 1 is 1.32 bits per heavy atom. The third kappa shape index (κ3) is 4.96. The molecule has 6 heteroatoms. The summed E-state index contributed by atoms with van der Waals surface area (Å²) in [6, 6.07) is 4.70. The van der Waals surface area contributed by atoms with Gasteiger partial charge < -0.3 is 20.5 Å². The summed E-state index contributed by atoms with van der Waals surface area (Å²) in [6.07, 6.45) is 1.54. The van der Waals surface area contributed by atoms with Gasteiger partial charge in [-0.2, -0.15) is 0 Å². The van der Waals surface area contributed by atoms with E-state index in [2.05, 4.69) is 5.32 Å². The molecule has 1 amide bonds. The van der Waals surface area contributed by atoms with Crippen molar-refractivity contribution in [3.05, 3.63) is 18.2 Å². The van der Waals surface area contributed by atoms with Crippen molar-refractivity contribution in [2.45, 2.75) is 25.8 Å². The highest BCUT2D eigenvalue weighted by atomic mass is 35.5. The number of nitrogens with two attached hydrogens (primary N) is 1. The molecule has 0 aliphatic heterocycles. The molecule has 3 N–H and O–H groups in total. The maximum absolute atomic E-state index is 11.7. The van der Waals surface area contributed by atoms with Crippen molar-refractivity contribution in [1.82, 2.24) is 0 Å². The molecule has 0 saturated heterocycles. The van der Waals surface area contributed by atoms with E-state index in [1.165, 1.54) is 0 Å². The number of carbonyl (C=O) groups excluding carboxylic acids is 1. The summed E-state index contributed by atoms with van der Waals surface area (Å²) in [5.41, 5.74) is 6.38. The summed E-state index contributed by atoms with van der Waals surface area (Å²) in [5, 5.41) is 2.75. The zero-order chi connectivity index (χ0) is 13.5. The number of hydrogen-bond donors (Lipinski definition) is 2. The van der Waals surface area contributed by atoms with Crippen LogP contribution in [-0.2, 0) is 4.79 Å². The summed E-state index contributed by atoms with van der Waals surface area (Å²) in [7, 11) is 3.11. The highest BCUT2D eigenvalue weighted by Crippen LogP contribution is 2.29. The Bertz CT molecular complexity index is 413. The summed E-state index contributed by atoms with van der Waals surface area (Å²) in [6.45, 7) is 1.99. The first kappa shape index (κ1) is 17.5. The molecule has 108 valence electrons. The first-order valence-electron chi connectivity index (χ1n) is 5.90. The van der Waals surface area contributed by atoms with Crippen LogP contribution in [0.5, 0.6) is 11.5 Å². The van der Waals surface area contributed by atoms with Gasteiger partial charge in [0.2, 0.25) is 5.91 Å². The molecular formula is C13H21ClN2O3. The number of amides is 1. The smallest absolute Gasteiger partial charge is 0.241 e. The van der Waals surface area contributed by atoms with Crippen molar-refractivity contribution in [3.63, 3.8) is 0 Å². The lowest BCUT2D eigenvalue weighted by Gasteiger charge is -2.13. The summed E-state index contributed by atoms with van der Waals surface area (Å²) >= 11 is 0. The van der Waals surface area contributed by atoms with E-state index in [1.54, 1.807) is 32.4 Å². The number of rotatable bonds is 6. The van der Waals surface area contributed by atoms with Gasteiger partial charge in [0, 0.05) is 11.8 Å². The van der Waals surface area contributed by atoms with Crippen molar-refractivity contribution in [3.8, 4) is 11.5 Å². The van der Waals surface area contributed by atoms with Crippen LogP contribution in [0.3, 0.4) is 0 Å². The van der Waals surface area contributed by atoms with Gasteiger partial charge >= 0.3 is 0 Å². The van der Waals surface area contributed by atoms with Gasteiger partial charge in [-0.15, -0.1) is 12.4 Å². The highest BCUT2D eigenvalue weighted by molar-refractivity contribution is 5.94. The van der Waals surface area contributed by atoms with Gasteiger partial charge in [0.05, 0.1) is 20.3 Å². The van der Waals surface area contributed by atoms with Crippen molar-refractivity contribution in [2.24, 2.45) is 5.73 Å². The molecule has 19 heavy (non-hydrogen) atoms. The average molecular weight is 289 g/mol. The van der Waals surface area contributed by atoms with E-state index in [-0.39, 0.29) is 18.3 Å². The van der Waals surface area contributed by atoms with Crippen LogP contribution in [0.4, 0.5) is 5.69 Å². The van der Waals surface area contributed by atoms with Gasteiger partial charge in [0.15, 0.2) is 11.5 Å². The molecule has 0 fully saturated rings. The Labute approximate surface area is 119 Å². The van der Waals surface area contributed by atoms with Crippen molar-refractivity contribution in [2.75, 3.05) is 19.5 Å². The third-order valence-corrected chi connectivity index (χ3v) is 2.59. The summed E-state index contributed by atoms with van der Waals surface area (Å²) < 4.78 is 10.3. The van der Waals surface area contributed by atoms with E-state index in [1.807, 2.05) is 6.92 Å². The van der Waals surface area contributed by atoms with Crippen LogP contribution in [0.25, 0.3) is 0 Å². The molecule has 1 atom stereocenters. The molecule has 1 aromatic carbocycles. The molecule has 1 aromatic rings. The number of hydrogen-bond acceptors (Lipinski definition) is 4. The highest BCUT2D eigenvalue weighted by Gasteiger charge is 2.13. The molecule has 5 nitrogen and oxygen atoms in total. The lowest BCUT2D eigenvalue weighted by molar-refractivity contribution is -0.117. The predicted octanol–water partition coefficient (Wildman–Crippen LogP) is 2.19. The molecule has 0 heterocycles. The van der Waals surface area contributed by atoms with E-state index in [0.29, 0.717) is 23.6 Å². The van der Waals surface area contributed by atoms with Crippen LogP contribution in [0.2, 0.25) is 0 Å². The minimum Gasteiger partial charge on any atom is -0.493 e. The molecule has 0 saturated carbocycles. The Balaban J connectivity index is 0.00000324. The fourth-order valence-electron chi connectivity index (χ4n) is 1.59. The van der Waals surface area contributed by atoms with E-state index >= 15 is 0 Å². The summed E-state index contributed by atoms with van der Waals surface area (Å²) in [5.74, 6) is 0.997. The number of ether oxygens (including phenoxy) is 2. The van der Waals surface area contributed by atoms with Crippen LogP contribution in [0.15, 0.2) is 18.2 Å². The van der Waals surface area contributed by atoms with Gasteiger partial charge in [-0.25, -0.2) is 0 Å². The fourth-order valence-corrected chi connectivity index (χ4v) is 1.59. The van der Waals surface area contributed by atoms with E-state index < -0.39 is 6.04 Å². The Hall–Kier alpha value is -1.46. The van der Waals surface area contributed by atoms with Gasteiger partial charge in [-0.3, -0.25) is 4.79 Å². The minimum absolute atomic E-state index is 0. The van der Waals surface area contributed by atoms with E-state index in [4.69, 9.17) is 15.2 Å². The largest absolute Gasteiger partial charge is 0.493 e. The van der Waals surface area contributed by atoms with Crippen LogP contribution < -0.4 is 20.5 Å². The number of carbonyl (C=O) groups is 1. The minimum atomic E-state index is -0.483. The topological polar surface area (TPSA) is 73.6 Å². The standard InChI is InChI=1S/C13H20N2O3.ClH/c1-4-5-10(14)13(16)15-9-6-7-11(17-2)12(8-9)18-3;/h6-8,10H,4-5,14H2,1-3H3,(H,15,16);1H. The predicted molar refractivity (Wildman–Crippen MR) is 78.3 cm³/mol. The van der Waals surface area contributed by atoms with E-state index in [9.17, 15) is 4.79 Å². The second-order valence-corrected chi connectivity index (χ2v) is 3.95. The number of nitrogens with one attached hydrogen (secondary N) is 1. The van der Waals surface area contributed by atoms with Gasteiger partial charge in [-0.1, -0.05) is 13.3 Å². The molecule has 0 aromatic heterocycles. The van der Waals surface area contributed by atoms with Gasteiger partial charge in [0.1, 0.15) is 0 Å². The summed E-state index contributed by atoms with van der Waals surface area (Å²) in [4.78, 5) is 11.7. The number of benzene rings is 1. The van der Waals surface area contributed by atoms with Crippen molar-refractivity contribution < 1.29 is 14.3 Å². The Kier molecular flexibility index (Phi) is 7.95. The number of anilines is 1. The van der Waals surface area contributed by atoms with Gasteiger partial charge in [0.25, 0.3) is 0 Å². The second-order valence-electron chi connectivity index (χ2n) is 3.95. The molecule has 0 aliphatic rings. The molecule has 0 radical (unpaired) electrons. The first-order valence-corrected chi connectivity index (χ1v) is 5.90. The molecular weight excluding hydrogens is 268 g/mol. The third-order valence-electron chi connectivity index (χ3n) is 2.59. The fraction of sp³-hybridized carbons (Fsp3) is 0.462. The first-order chi connectivity index (χ1) is 8.62. The quantitative estimate of drug-likeness (QED) is 0.841. The maximum Gasteiger partial charge on any atom is 0.241 e. The van der Waals surface area contributed by atoms with E-state index in [0.717, 1.165) is 6.42 Å². The number of halogens is 1. The van der Waals surface area contributed by atoms with Crippen LogP contribution in [0, 0.1) is 0 Å². The molecule has 1 rings (SSSR count). The zero-order valence-electron chi connectivity index (χ0n) is 11.4. The Morgan fingerprint density at radius 3 is 2.47 bits per heavy atom.